The number of rotatable bonds is 8. The number of amides is 1. The van der Waals surface area contributed by atoms with Gasteiger partial charge in [0.25, 0.3) is 0 Å². The molecular formula is C23H31N3O5S. The second-order valence-corrected chi connectivity index (χ2v) is 9.60. The fourth-order valence-electron chi connectivity index (χ4n) is 4.03. The quantitative estimate of drug-likeness (QED) is 0.598. The van der Waals surface area contributed by atoms with Gasteiger partial charge in [0.15, 0.2) is 10.7 Å². The Morgan fingerprint density at radius 2 is 1.88 bits per heavy atom. The summed E-state index contributed by atoms with van der Waals surface area (Å²) in [5, 5.41) is 3.90. The molecular weight excluding hydrogens is 430 g/mol. The number of aryl methyl sites for hydroxylation is 1. The first-order valence-electron chi connectivity index (χ1n) is 10.9. The molecule has 0 atom stereocenters. The van der Waals surface area contributed by atoms with Crippen molar-refractivity contribution in [3.05, 3.63) is 41.3 Å². The van der Waals surface area contributed by atoms with Gasteiger partial charge in [0, 0.05) is 37.7 Å². The van der Waals surface area contributed by atoms with Crippen LogP contribution in [-0.4, -0.2) is 62.0 Å². The maximum absolute atomic E-state index is 13.4. The fourth-order valence-corrected chi connectivity index (χ4v) is 5.75. The van der Waals surface area contributed by atoms with Gasteiger partial charge in [-0.1, -0.05) is 23.4 Å². The van der Waals surface area contributed by atoms with Gasteiger partial charge in [-0.05, 0) is 51.8 Å². The van der Waals surface area contributed by atoms with Crippen LogP contribution in [0.1, 0.15) is 43.7 Å². The summed E-state index contributed by atoms with van der Waals surface area (Å²) in [7, 11) is -2.23. The maximum Gasteiger partial charge on any atom is 0.248 e. The van der Waals surface area contributed by atoms with Crippen LogP contribution in [0.4, 0.5) is 0 Å². The Morgan fingerprint density at radius 3 is 2.50 bits per heavy atom. The Labute approximate surface area is 189 Å². The number of ether oxygens (including phenoxy) is 1. The topological polar surface area (TPSA) is 93.0 Å². The summed E-state index contributed by atoms with van der Waals surface area (Å²) in [6.45, 7) is 7.44. The monoisotopic (exact) mass is 461 g/mol. The van der Waals surface area contributed by atoms with Crippen molar-refractivity contribution in [2.24, 2.45) is 5.92 Å². The summed E-state index contributed by atoms with van der Waals surface area (Å²) in [6.07, 6.45) is 4.35. The third-order valence-electron chi connectivity index (χ3n) is 5.86. The molecule has 1 amide bonds. The van der Waals surface area contributed by atoms with Crippen LogP contribution in [0.2, 0.25) is 0 Å². The van der Waals surface area contributed by atoms with E-state index in [1.165, 1.54) is 4.31 Å². The van der Waals surface area contributed by atoms with Crippen molar-refractivity contribution >= 4 is 28.1 Å². The van der Waals surface area contributed by atoms with Crippen LogP contribution < -0.4 is 4.74 Å². The molecule has 2 aromatic rings. The molecule has 0 saturated carbocycles. The van der Waals surface area contributed by atoms with Gasteiger partial charge >= 0.3 is 0 Å². The summed E-state index contributed by atoms with van der Waals surface area (Å²) in [4.78, 5) is 14.5. The zero-order valence-corrected chi connectivity index (χ0v) is 19.9. The van der Waals surface area contributed by atoms with Crippen LogP contribution >= 0.6 is 0 Å². The van der Waals surface area contributed by atoms with E-state index in [-0.39, 0.29) is 22.5 Å². The zero-order valence-electron chi connectivity index (χ0n) is 19.1. The number of benzene rings is 1. The van der Waals surface area contributed by atoms with Gasteiger partial charge in [0.2, 0.25) is 15.9 Å². The Bertz CT molecular complexity index is 1070. The normalized spacial score (nSPS) is 15.9. The molecule has 1 saturated heterocycles. The van der Waals surface area contributed by atoms with E-state index in [9.17, 15) is 13.2 Å². The molecule has 8 nitrogen and oxygen atoms in total. The van der Waals surface area contributed by atoms with Gasteiger partial charge in [-0.15, -0.1) is 0 Å². The van der Waals surface area contributed by atoms with Crippen LogP contribution in [0.25, 0.3) is 12.2 Å². The molecule has 0 aliphatic carbocycles. The van der Waals surface area contributed by atoms with Gasteiger partial charge in [-0.25, -0.2) is 8.42 Å². The number of piperidine rings is 1. The highest BCUT2D eigenvalue weighted by Gasteiger charge is 2.36. The Balaban J connectivity index is 1.79. The lowest BCUT2D eigenvalue weighted by atomic mass is 9.96. The summed E-state index contributed by atoms with van der Waals surface area (Å²) in [5.74, 6) is 0.808. The first-order chi connectivity index (χ1) is 15.3. The molecule has 0 spiro atoms. The number of aromatic nitrogens is 1. The summed E-state index contributed by atoms with van der Waals surface area (Å²) in [6, 6.07) is 7.42. The van der Waals surface area contributed by atoms with Crippen molar-refractivity contribution in [3.63, 3.8) is 0 Å². The highest BCUT2D eigenvalue weighted by molar-refractivity contribution is 7.89. The molecule has 0 N–H and O–H groups in total. The van der Waals surface area contributed by atoms with E-state index >= 15 is 0 Å². The number of carbonyl (C=O) groups is 1. The van der Waals surface area contributed by atoms with Crippen LogP contribution in [0, 0.1) is 12.8 Å². The van der Waals surface area contributed by atoms with Gasteiger partial charge in [0.1, 0.15) is 11.4 Å². The van der Waals surface area contributed by atoms with E-state index in [1.807, 2.05) is 38.1 Å². The number of nitrogens with zero attached hydrogens (tertiary/aromatic N) is 3. The second-order valence-electron chi connectivity index (χ2n) is 7.73. The van der Waals surface area contributed by atoms with Crippen molar-refractivity contribution in [1.29, 1.82) is 0 Å². The lowest BCUT2D eigenvalue weighted by molar-refractivity contribution is -0.136. The van der Waals surface area contributed by atoms with E-state index in [2.05, 4.69) is 5.16 Å². The molecule has 0 bridgehead atoms. The number of hydrogen-bond acceptors (Lipinski definition) is 6. The molecule has 1 aliphatic heterocycles. The molecule has 1 fully saturated rings. The third kappa shape index (κ3) is 4.88. The standard InChI is InChI=1S/C23H31N3O5S/c1-5-25(6-2)23(27)19-13-15-26(16-14-19)32(28,29)22-17(3)24-31-21(22)12-11-18-9-7-8-10-20(18)30-4/h7-12,19H,5-6,13-16H2,1-4H3/b12-11+. The van der Waals surface area contributed by atoms with Crippen molar-refractivity contribution in [2.75, 3.05) is 33.3 Å². The van der Waals surface area contributed by atoms with Crippen LogP contribution in [0.15, 0.2) is 33.7 Å². The molecule has 0 unspecified atom stereocenters. The number of hydrogen-bond donors (Lipinski definition) is 0. The number of sulfonamides is 1. The highest BCUT2D eigenvalue weighted by atomic mass is 32.2. The number of methoxy groups -OCH3 is 1. The molecule has 2 heterocycles. The van der Waals surface area contributed by atoms with Gasteiger partial charge < -0.3 is 14.2 Å². The first-order valence-corrected chi connectivity index (χ1v) is 12.3. The van der Waals surface area contributed by atoms with Crippen molar-refractivity contribution in [2.45, 2.75) is 38.5 Å². The smallest absolute Gasteiger partial charge is 0.248 e. The lowest BCUT2D eigenvalue weighted by Crippen LogP contribution is -2.44. The average Bonchev–Trinajstić information content (AvgIpc) is 3.19. The van der Waals surface area contributed by atoms with Gasteiger partial charge in [0.05, 0.1) is 7.11 Å². The summed E-state index contributed by atoms with van der Waals surface area (Å²) < 4.78 is 39.0. The molecule has 1 aromatic heterocycles. The van der Waals surface area contributed by atoms with E-state index in [0.717, 1.165) is 5.56 Å². The molecule has 0 radical (unpaired) electrons. The zero-order chi connectivity index (χ0) is 23.3. The Kier molecular flexibility index (Phi) is 7.73. The van der Waals surface area contributed by atoms with Gasteiger partial charge in [-0.2, -0.15) is 4.31 Å². The predicted molar refractivity (Wildman–Crippen MR) is 123 cm³/mol. The highest BCUT2D eigenvalue weighted by Crippen LogP contribution is 2.30. The number of carbonyl (C=O) groups excluding carboxylic acids is 1. The second kappa shape index (κ2) is 10.3. The van der Waals surface area contributed by atoms with E-state index in [1.54, 1.807) is 31.1 Å². The molecule has 9 heteroatoms. The minimum absolute atomic E-state index is 0.0668. The summed E-state index contributed by atoms with van der Waals surface area (Å²) in [5.41, 5.74) is 1.11. The van der Waals surface area contributed by atoms with Crippen LogP contribution in [0.5, 0.6) is 5.75 Å². The third-order valence-corrected chi connectivity index (χ3v) is 7.92. The van der Waals surface area contributed by atoms with Crippen molar-refractivity contribution in [3.8, 4) is 5.75 Å². The molecule has 174 valence electrons. The summed E-state index contributed by atoms with van der Waals surface area (Å²) >= 11 is 0. The molecule has 1 aromatic carbocycles. The molecule has 1 aliphatic rings. The maximum atomic E-state index is 13.4. The SMILES string of the molecule is CCN(CC)C(=O)C1CCN(S(=O)(=O)c2c(C)noc2/C=C/c2ccccc2OC)CC1. The van der Waals surface area contributed by atoms with Crippen molar-refractivity contribution < 1.29 is 22.5 Å². The first kappa shape index (κ1) is 24.0. The largest absolute Gasteiger partial charge is 0.496 e. The van der Waals surface area contributed by atoms with E-state index in [4.69, 9.17) is 9.26 Å². The average molecular weight is 462 g/mol. The van der Waals surface area contributed by atoms with Crippen molar-refractivity contribution in [1.82, 2.24) is 14.4 Å². The fraction of sp³-hybridized carbons (Fsp3) is 0.478. The number of para-hydroxylation sites is 1. The van der Waals surface area contributed by atoms with Gasteiger partial charge in [-0.3, -0.25) is 4.79 Å². The van der Waals surface area contributed by atoms with E-state index in [0.29, 0.717) is 50.5 Å². The molecule has 32 heavy (non-hydrogen) atoms. The minimum atomic E-state index is -3.81. The molecule has 3 rings (SSSR count). The lowest BCUT2D eigenvalue weighted by Gasteiger charge is -2.33. The van der Waals surface area contributed by atoms with E-state index < -0.39 is 10.0 Å². The minimum Gasteiger partial charge on any atom is -0.496 e. The van der Waals surface area contributed by atoms with Crippen LogP contribution in [0.3, 0.4) is 0 Å². The predicted octanol–water partition coefficient (Wildman–Crippen LogP) is 3.43. The Morgan fingerprint density at radius 1 is 1.22 bits per heavy atom. The van der Waals surface area contributed by atoms with Crippen LogP contribution in [-0.2, 0) is 14.8 Å². The Hall–Kier alpha value is -2.65.